The SMILES string of the molecule is CCC(C)C[C@H](C)c1ccc(C(F)(F)F)cc1. The minimum absolute atomic E-state index is 0.312. The standard InChI is InChI=1S/C14H19F3/c1-4-10(2)9-11(3)12-5-7-13(8-6-12)14(15,16)17/h5-8,10-11H,4,9H2,1-3H3/t10?,11-/m0/s1. The van der Waals surface area contributed by atoms with Crippen LogP contribution < -0.4 is 0 Å². The summed E-state index contributed by atoms with van der Waals surface area (Å²) >= 11 is 0. The summed E-state index contributed by atoms with van der Waals surface area (Å²) in [7, 11) is 0. The molecule has 1 aromatic carbocycles. The van der Waals surface area contributed by atoms with Gasteiger partial charge in [0.15, 0.2) is 0 Å². The minimum Gasteiger partial charge on any atom is -0.166 e. The smallest absolute Gasteiger partial charge is 0.166 e. The third-order valence-electron chi connectivity index (χ3n) is 3.26. The van der Waals surface area contributed by atoms with Crippen molar-refractivity contribution >= 4 is 0 Å². The van der Waals surface area contributed by atoms with Gasteiger partial charge in [-0.2, -0.15) is 13.2 Å². The van der Waals surface area contributed by atoms with Gasteiger partial charge < -0.3 is 0 Å². The molecular formula is C14H19F3. The van der Waals surface area contributed by atoms with Crippen molar-refractivity contribution in [1.82, 2.24) is 0 Å². The van der Waals surface area contributed by atoms with Crippen LogP contribution in [0.4, 0.5) is 13.2 Å². The molecule has 0 aromatic heterocycles. The van der Waals surface area contributed by atoms with Gasteiger partial charge in [-0.3, -0.25) is 0 Å². The molecule has 1 aromatic rings. The van der Waals surface area contributed by atoms with Crippen LogP contribution in [-0.4, -0.2) is 0 Å². The lowest BCUT2D eigenvalue weighted by atomic mass is 9.89. The third kappa shape index (κ3) is 4.06. The summed E-state index contributed by atoms with van der Waals surface area (Å²) in [5.74, 6) is 0.916. The molecule has 1 rings (SSSR count). The predicted molar refractivity (Wildman–Crippen MR) is 63.9 cm³/mol. The zero-order chi connectivity index (χ0) is 13.1. The van der Waals surface area contributed by atoms with E-state index >= 15 is 0 Å². The maximum Gasteiger partial charge on any atom is 0.416 e. The minimum atomic E-state index is -4.24. The van der Waals surface area contributed by atoms with Crippen LogP contribution in [0.5, 0.6) is 0 Å². The van der Waals surface area contributed by atoms with E-state index in [4.69, 9.17) is 0 Å². The van der Waals surface area contributed by atoms with Gasteiger partial charge in [0.25, 0.3) is 0 Å². The first-order chi connectivity index (χ1) is 7.84. The Morgan fingerprint density at radius 2 is 1.59 bits per heavy atom. The molecule has 1 unspecified atom stereocenters. The first-order valence-corrected chi connectivity index (χ1v) is 6.01. The molecular weight excluding hydrogens is 225 g/mol. The van der Waals surface area contributed by atoms with Crippen molar-refractivity contribution in [3.63, 3.8) is 0 Å². The van der Waals surface area contributed by atoms with Gasteiger partial charge in [-0.15, -0.1) is 0 Å². The van der Waals surface area contributed by atoms with Crippen molar-refractivity contribution in [3.05, 3.63) is 35.4 Å². The Labute approximate surface area is 101 Å². The quantitative estimate of drug-likeness (QED) is 0.679. The molecule has 0 saturated heterocycles. The molecule has 0 aliphatic rings. The van der Waals surface area contributed by atoms with Gasteiger partial charge >= 0.3 is 6.18 Å². The molecule has 0 saturated carbocycles. The Morgan fingerprint density at radius 1 is 1.06 bits per heavy atom. The zero-order valence-corrected chi connectivity index (χ0v) is 10.5. The maximum atomic E-state index is 12.4. The Kier molecular flexibility index (Phi) is 4.61. The molecule has 0 aliphatic heterocycles. The Morgan fingerprint density at radius 3 is 2.00 bits per heavy atom. The van der Waals surface area contributed by atoms with Crippen LogP contribution in [0.15, 0.2) is 24.3 Å². The van der Waals surface area contributed by atoms with Crippen molar-refractivity contribution in [1.29, 1.82) is 0 Å². The molecule has 96 valence electrons. The summed E-state index contributed by atoms with van der Waals surface area (Å²) in [4.78, 5) is 0. The fourth-order valence-corrected chi connectivity index (χ4v) is 1.91. The van der Waals surface area contributed by atoms with Crippen LogP contribution in [0.3, 0.4) is 0 Å². The van der Waals surface area contributed by atoms with Crippen LogP contribution in [0.25, 0.3) is 0 Å². The zero-order valence-electron chi connectivity index (χ0n) is 10.5. The molecule has 0 spiro atoms. The largest absolute Gasteiger partial charge is 0.416 e. The number of hydrogen-bond donors (Lipinski definition) is 0. The molecule has 0 radical (unpaired) electrons. The second kappa shape index (κ2) is 5.56. The van der Waals surface area contributed by atoms with Crippen LogP contribution >= 0.6 is 0 Å². The Hall–Kier alpha value is -0.990. The van der Waals surface area contributed by atoms with Gasteiger partial charge in [0.05, 0.1) is 5.56 Å². The molecule has 17 heavy (non-hydrogen) atoms. The van der Waals surface area contributed by atoms with Crippen LogP contribution in [0.2, 0.25) is 0 Å². The Balaban J connectivity index is 2.74. The summed E-state index contributed by atoms with van der Waals surface area (Å²) in [6.07, 6.45) is -2.12. The lowest BCUT2D eigenvalue weighted by Crippen LogP contribution is -2.06. The van der Waals surface area contributed by atoms with E-state index in [1.807, 2.05) is 0 Å². The Bertz CT molecular complexity index is 337. The van der Waals surface area contributed by atoms with Crippen molar-refractivity contribution in [2.45, 2.75) is 45.7 Å². The fourth-order valence-electron chi connectivity index (χ4n) is 1.91. The van der Waals surface area contributed by atoms with Gasteiger partial charge in [0, 0.05) is 0 Å². The maximum absolute atomic E-state index is 12.4. The van der Waals surface area contributed by atoms with Gasteiger partial charge in [0.2, 0.25) is 0 Å². The predicted octanol–water partition coefficient (Wildman–Crippen LogP) is 5.25. The third-order valence-corrected chi connectivity index (χ3v) is 3.26. The molecule has 2 atom stereocenters. The number of rotatable bonds is 4. The van der Waals surface area contributed by atoms with E-state index in [-0.39, 0.29) is 0 Å². The normalized spacial score (nSPS) is 15.6. The van der Waals surface area contributed by atoms with Crippen molar-refractivity contribution in [2.24, 2.45) is 5.92 Å². The van der Waals surface area contributed by atoms with E-state index in [1.165, 1.54) is 12.1 Å². The van der Waals surface area contributed by atoms with E-state index in [2.05, 4.69) is 20.8 Å². The highest BCUT2D eigenvalue weighted by atomic mass is 19.4. The number of hydrogen-bond acceptors (Lipinski definition) is 0. The molecule has 0 nitrogen and oxygen atoms in total. The van der Waals surface area contributed by atoms with Gasteiger partial charge in [0.1, 0.15) is 0 Å². The molecule has 3 heteroatoms. The second-order valence-electron chi connectivity index (χ2n) is 4.77. The first-order valence-electron chi connectivity index (χ1n) is 6.01. The molecule has 0 aliphatic carbocycles. The molecule has 0 heterocycles. The molecule has 0 amide bonds. The first kappa shape index (κ1) is 14.1. The van der Waals surface area contributed by atoms with Gasteiger partial charge in [-0.1, -0.05) is 39.3 Å². The number of benzene rings is 1. The average Bonchev–Trinajstić information content (AvgIpc) is 2.27. The van der Waals surface area contributed by atoms with E-state index in [9.17, 15) is 13.2 Å². The second-order valence-corrected chi connectivity index (χ2v) is 4.77. The van der Waals surface area contributed by atoms with Crippen LogP contribution in [0.1, 0.15) is 50.7 Å². The summed E-state index contributed by atoms with van der Waals surface area (Å²) in [6.45, 7) is 6.36. The highest BCUT2D eigenvalue weighted by molar-refractivity contribution is 5.26. The molecule has 0 bridgehead atoms. The van der Waals surface area contributed by atoms with Crippen LogP contribution in [-0.2, 0) is 6.18 Å². The van der Waals surface area contributed by atoms with E-state index in [0.717, 1.165) is 18.4 Å². The number of alkyl halides is 3. The summed E-state index contributed by atoms with van der Waals surface area (Å²) < 4.78 is 37.2. The summed E-state index contributed by atoms with van der Waals surface area (Å²) in [6, 6.07) is 5.52. The lowest BCUT2D eigenvalue weighted by Gasteiger charge is -2.17. The van der Waals surface area contributed by atoms with E-state index < -0.39 is 11.7 Å². The van der Waals surface area contributed by atoms with Gasteiger partial charge in [-0.25, -0.2) is 0 Å². The summed E-state index contributed by atoms with van der Waals surface area (Å²) in [5, 5.41) is 0. The highest BCUT2D eigenvalue weighted by Crippen LogP contribution is 2.31. The van der Waals surface area contributed by atoms with Crippen LogP contribution in [0, 0.1) is 5.92 Å². The topological polar surface area (TPSA) is 0 Å². The monoisotopic (exact) mass is 244 g/mol. The highest BCUT2D eigenvalue weighted by Gasteiger charge is 2.30. The van der Waals surface area contributed by atoms with Gasteiger partial charge in [-0.05, 0) is 36.0 Å². The fraction of sp³-hybridized carbons (Fsp3) is 0.571. The van der Waals surface area contributed by atoms with E-state index in [0.29, 0.717) is 11.8 Å². The molecule has 0 N–H and O–H groups in total. The lowest BCUT2D eigenvalue weighted by molar-refractivity contribution is -0.137. The van der Waals surface area contributed by atoms with Crippen molar-refractivity contribution in [2.75, 3.05) is 0 Å². The van der Waals surface area contributed by atoms with Crippen molar-refractivity contribution < 1.29 is 13.2 Å². The van der Waals surface area contributed by atoms with E-state index in [1.54, 1.807) is 12.1 Å². The number of halogens is 3. The molecule has 0 fully saturated rings. The average molecular weight is 244 g/mol. The summed E-state index contributed by atoms with van der Waals surface area (Å²) in [5.41, 5.74) is 0.412. The van der Waals surface area contributed by atoms with Crippen molar-refractivity contribution in [3.8, 4) is 0 Å².